The summed E-state index contributed by atoms with van der Waals surface area (Å²) >= 11 is 0. The van der Waals surface area contributed by atoms with Gasteiger partial charge in [0.15, 0.2) is 9.84 Å². The lowest BCUT2D eigenvalue weighted by Gasteiger charge is -2.44. The number of rotatable bonds is 8. The third kappa shape index (κ3) is 5.68. The number of methoxy groups -OCH3 is 1. The van der Waals surface area contributed by atoms with E-state index in [9.17, 15) is 17.6 Å². The Morgan fingerprint density at radius 3 is 2.63 bits per heavy atom. The van der Waals surface area contributed by atoms with Gasteiger partial charge in [0.1, 0.15) is 17.8 Å². The predicted molar refractivity (Wildman–Crippen MR) is 176 cm³/mol. The molecule has 2 aromatic heterocycles. The number of sulfone groups is 1. The van der Waals surface area contributed by atoms with E-state index < -0.39 is 22.1 Å². The lowest BCUT2D eigenvalue weighted by Crippen LogP contribution is -2.53. The Balaban J connectivity index is 1.19. The van der Waals surface area contributed by atoms with Crippen LogP contribution in [0.2, 0.25) is 0 Å². The molecule has 0 saturated carbocycles. The Morgan fingerprint density at radius 1 is 1.04 bits per heavy atom. The molecule has 4 aliphatic heterocycles. The van der Waals surface area contributed by atoms with Gasteiger partial charge in [-0.05, 0) is 67.3 Å². The number of piperidine rings is 1. The average molecular weight is 650 g/mol. The second-order valence-electron chi connectivity index (χ2n) is 12.8. The van der Waals surface area contributed by atoms with Gasteiger partial charge in [-0.25, -0.2) is 22.8 Å². The quantitative estimate of drug-likeness (QED) is 0.356. The summed E-state index contributed by atoms with van der Waals surface area (Å²) in [5.41, 5.74) is 2.04. The summed E-state index contributed by atoms with van der Waals surface area (Å²) in [6.45, 7) is 6.51. The van der Waals surface area contributed by atoms with E-state index in [2.05, 4.69) is 38.9 Å². The first-order valence-electron chi connectivity index (χ1n) is 16.1. The third-order valence-electron chi connectivity index (χ3n) is 10.1. The number of anilines is 4. The van der Waals surface area contributed by atoms with Gasteiger partial charge in [-0.3, -0.25) is 4.79 Å². The van der Waals surface area contributed by atoms with Crippen molar-refractivity contribution in [2.75, 3.05) is 60.7 Å². The molecule has 0 radical (unpaired) electrons. The molecule has 7 rings (SSSR count). The zero-order valence-corrected chi connectivity index (χ0v) is 26.8. The van der Waals surface area contributed by atoms with Gasteiger partial charge < -0.3 is 24.8 Å². The van der Waals surface area contributed by atoms with Crippen molar-refractivity contribution in [2.24, 2.45) is 5.92 Å². The van der Waals surface area contributed by atoms with Crippen LogP contribution in [-0.2, 0) is 19.4 Å². The zero-order valence-electron chi connectivity index (χ0n) is 26.0. The molecule has 4 aliphatic rings. The number of amides is 1. The molecule has 6 heterocycles. The van der Waals surface area contributed by atoms with Crippen LogP contribution >= 0.6 is 0 Å². The van der Waals surface area contributed by atoms with Crippen molar-refractivity contribution in [2.45, 2.75) is 55.7 Å². The fourth-order valence-corrected chi connectivity index (χ4v) is 9.83. The molecule has 11 nitrogen and oxygen atoms in total. The van der Waals surface area contributed by atoms with Crippen molar-refractivity contribution in [3.63, 3.8) is 0 Å². The Bertz CT molecular complexity index is 1750. The Morgan fingerprint density at radius 2 is 1.89 bits per heavy atom. The minimum atomic E-state index is -3.01. The van der Waals surface area contributed by atoms with E-state index in [1.54, 1.807) is 12.3 Å². The molecule has 46 heavy (non-hydrogen) atoms. The molecule has 4 saturated heterocycles. The van der Waals surface area contributed by atoms with E-state index in [0.29, 0.717) is 55.9 Å². The number of halogens is 1. The van der Waals surface area contributed by atoms with Gasteiger partial charge in [-0.2, -0.15) is 4.98 Å². The van der Waals surface area contributed by atoms with E-state index in [-0.39, 0.29) is 29.7 Å². The number of hydrogen-bond donors (Lipinski definition) is 1. The largest absolute Gasteiger partial charge is 0.378 e. The second kappa shape index (κ2) is 12.4. The van der Waals surface area contributed by atoms with E-state index >= 15 is 0 Å². The Kier molecular flexibility index (Phi) is 8.30. The molecular formula is C33H40FN7O4S. The molecule has 0 unspecified atom stereocenters. The molecule has 1 N–H and O–H groups in total. The highest BCUT2D eigenvalue weighted by Crippen LogP contribution is 2.42. The normalized spacial score (nSPS) is 26.3. The van der Waals surface area contributed by atoms with Crippen molar-refractivity contribution in [1.82, 2.24) is 19.9 Å². The molecule has 3 aromatic rings. The number of carbonyl (C=O) groups excluding carboxylic acids is 1. The van der Waals surface area contributed by atoms with Crippen molar-refractivity contribution >= 4 is 49.8 Å². The number of pyridine rings is 1. The van der Waals surface area contributed by atoms with Crippen LogP contribution in [0.25, 0.3) is 10.8 Å². The van der Waals surface area contributed by atoms with E-state index in [4.69, 9.17) is 9.72 Å². The maximum atomic E-state index is 14.6. The second-order valence-corrected chi connectivity index (χ2v) is 15.1. The fourth-order valence-electron chi connectivity index (χ4n) is 7.67. The molecule has 1 amide bonds. The van der Waals surface area contributed by atoms with Crippen LogP contribution in [0, 0.1) is 5.92 Å². The molecule has 1 aromatic carbocycles. The van der Waals surface area contributed by atoms with Crippen LogP contribution in [0.1, 0.15) is 43.7 Å². The molecule has 0 spiro atoms. The summed E-state index contributed by atoms with van der Waals surface area (Å²) in [4.78, 5) is 32.5. The smallest absolute Gasteiger partial charge is 0.246 e. The van der Waals surface area contributed by atoms with Crippen molar-refractivity contribution in [3.05, 3.63) is 54.9 Å². The molecule has 4 fully saturated rings. The Hall–Kier alpha value is -3.84. The Labute approximate surface area is 268 Å². The number of nitrogens with one attached hydrogen (secondary N) is 1. The monoisotopic (exact) mass is 649 g/mol. The van der Waals surface area contributed by atoms with Crippen LogP contribution in [0.15, 0.2) is 49.3 Å². The molecule has 4 atom stereocenters. The topological polar surface area (TPSA) is 121 Å². The molecule has 244 valence electrons. The lowest BCUT2D eigenvalue weighted by molar-refractivity contribution is -0.126. The van der Waals surface area contributed by atoms with Crippen molar-refractivity contribution in [1.29, 1.82) is 0 Å². The van der Waals surface area contributed by atoms with Crippen LogP contribution in [0.4, 0.5) is 27.7 Å². The van der Waals surface area contributed by atoms with Crippen LogP contribution in [0.5, 0.6) is 0 Å². The van der Waals surface area contributed by atoms with Crippen molar-refractivity contribution in [3.8, 4) is 0 Å². The van der Waals surface area contributed by atoms with Gasteiger partial charge in [-0.1, -0.05) is 12.6 Å². The van der Waals surface area contributed by atoms with Crippen LogP contribution < -0.4 is 15.1 Å². The molecule has 0 aliphatic carbocycles. The summed E-state index contributed by atoms with van der Waals surface area (Å²) in [5.74, 6) is 1.89. The molecule has 0 bridgehead atoms. The summed E-state index contributed by atoms with van der Waals surface area (Å²) in [7, 11) is -1.48. The summed E-state index contributed by atoms with van der Waals surface area (Å²) in [6, 6.07) is 7.83. The average Bonchev–Trinajstić information content (AvgIpc) is 3.66. The van der Waals surface area contributed by atoms with Gasteiger partial charge in [0.2, 0.25) is 11.9 Å². The number of alkyl halides is 1. The standard InChI is InChI=1S/C33H40FN7O4S/c1-3-32(42)41-13-4-6-27(41)22-8-9-26(40-18-21(19-40)29-7-5-15-46(29,43)44)24-17-36-31(16-23(22)24)37-30-10-12-35-33(38-30)39-14-11-28(45-2)25(34)20-39/h3,8-10,12,16-17,21,25,27-29H,1,4-7,11,13-15,18-20H2,2H3,(H,35,36,37,38)/t25-,27+,28+,29+/m0/s1. The highest BCUT2D eigenvalue weighted by molar-refractivity contribution is 7.92. The minimum Gasteiger partial charge on any atom is -0.378 e. The third-order valence-corrected chi connectivity index (χ3v) is 12.5. The highest BCUT2D eigenvalue weighted by Gasteiger charge is 2.43. The first-order chi connectivity index (χ1) is 22.3. The first kappa shape index (κ1) is 30.8. The van der Waals surface area contributed by atoms with Crippen LogP contribution in [0.3, 0.4) is 0 Å². The predicted octanol–water partition coefficient (Wildman–Crippen LogP) is 4.19. The number of nitrogens with zero attached hydrogens (tertiary/aromatic N) is 6. The molecular weight excluding hydrogens is 609 g/mol. The van der Waals surface area contributed by atoms with E-state index in [0.717, 1.165) is 47.7 Å². The SMILES string of the molecule is C=CC(=O)N1CCC[C@@H]1c1ccc(N2CC([C@H]3CCCS3(=O)=O)C2)c2cnc(Nc3ccnc(N4CC[C@@H](OC)[C@@H](F)C4)n3)cc12. The van der Waals surface area contributed by atoms with E-state index in [1.807, 2.05) is 22.1 Å². The number of ether oxygens (including phenoxy) is 1. The number of fused-ring (bicyclic) bond motifs is 1. The number of carbonyl (C=O) groups is 1. The van der Waals surface area contributed by atoms with Crippen LogP contribution in [-0.4, -0.2) is 97.3 Å². The first-order valence-corrected chi connectivity index (χ1v) is 17.8. The number of benzene rings is 1. The fraction of sp³-hybridized carbons (Fsp3) is 0.515. The lowest BCUT2D eigenvalue weighted by atomic mass is 9.91. The van der Waals surface area contributed by atoms with Gasteiger partial charge in [0, 0.05) is 62.7 Å². The van der Waals surface area contributed by atoms with Crippen molar-refractivity contribution < 1.29 is 22.3 Å². The summed E-state index contributed by atoms with van der Waals surface area (Å²) in [6.07, 6.45) is 7.11. The summed E-state index contributed by atoms with van der Waals surface area (Å²) in [5, 5.41) is 4.99. The maximum Gasteiger partial charge on any atom is 0.246 e. The van der Waals surface area contributed by atoms with Gasteiger partial charge >= 0.3 is 0 Å². The van der Waals surface area contributed by atoms with Gasteiger partial charge in [0.05, 0.1) is 29.7 Å². The molecule has 13 heteroatoms. The highest BCUT2D eigenvalue weighted by atomic mass is 32.2. The number of aromatic nitrogens is 3. The summed E-state index contributed by atoms with van der Waals surface area (Å²) < 4.78 is 45.0. The zero-order chi connectivity index (χ0) is 32.0. The maximum absolute atomic E-state index is 14.6. The van der Waals surface area contributed by atoms with Gasteiger partial charge in [0.25, 0.3) is 0 Å². The number of likely N-dealkylation sites (tertiary alicyclic amines) is 1. The number of hydrogen-bond acceptors (Lipinski definition) is 10. The van der Waals surface area contributed by atoms with Gasteiger partial charge in [-0.15, -0.1) is 0 Å². The minimum absolute atomic E-state index is 0.0888. The van der Waals surface area contributed by atoms with E-state index in [1.165, 1.54) is 13.2 Å².